The molecule has 2 aromatic heterocycles. The summed E-state index contributed by atoms with van der Waals surface area (Å²) in [5.41, 5.74) is 2.23. The van der Waals surface area contributed by atoms with Crippen LogP contribution in [0.5, 0.6) is 0 Å². The van der Waals surface area contributed by atoms with Crippen molar-refractivity contribution in [1.29, 1.82) is 0 Å². The summed E-state index contributed by atoms with van der Waals surface area (Å²) in [7, 11) is 0. The standard InChI is InChI=1S/C21H19N3OS/c25-13-18-19(17-11-10-14-6-4-5-9-16(14)12-17)22-21-24(18)23-20(26-21)15-7-2-1-3-8-15/h4-6,9-13,15H,1-3,7-8H2. The minimum atomic E-state index is 0.527. The van der Waals surface area contributed by atoms with Crippen LogP contribution in [0.3, 0.4) is 0 Å². The van der Waals surface area contributed by atoms with Crippen LogP contribution in [-0.4, -0.2) is 20.9 Å². The van der Waals surface area contributed by atoms with E-state index in [1.165, 1.54) is 37.5 Å². The van der Waals surface area contributed by atoms with Crippen LogP contribution >= 0.6 is 11.3 Å². The van der Waals surface area contributed by atoms with Gasteiger partial charge in [0.25, 0.3) is 0 Å². The number of aldehydes is 1. The normalized spacial score (nSPS) is 15.7. The third kappa shape index (κ3) is 2.54. The molecule has 1 aliphatic rings. The van der Waals surface area contributed by atoms with Gasteiger partial charge < -0.3 is 0 Å². The van der Waals surface area contributed by atoms with Crippen LogP contribution in [0.1, 0.15) is 53.5 Å². The van der Waals surface area contributed by atoms with Crippen molar-refractivity contribution in [3.63, 3.8) is 0 Å². The van der Waals surface area contributed by atoms with Gasteiger partial charge in [-0.2, -0.15) is 9.61 Å². The Balaban J connectivity index is 1.60. The summed E-state index contributed by atoms with van der Waals surface area (Å²) in [6, 6.07) is 14.4. The second kappa shape index (κ2) is 6.32. The van der Waals surface area contributed by atoms with Gasteiger partial charge in [0.1, 0.15) is 16.4 Å². The van der Waals surface area contributed by atoms with E-state index in [-0.39, 0.29) is 0 Å². The number of fused-ring (bicyclic) bond motifs is 2. The van der Waals surface area contributed by atoms with Gasteiger partial charge in [-0.05, 0) is 29.7 Å². The third-order valence-electron chi connectivity index (χ3n) is 5.34. The lowest BCUT2D eigenvalue weighted by molar-refractivity contribution is 0.111. The molecule has 130 valence electrons. The van der Waals surface area contributed by atoms with Crippen molar-refractivity contribution < 1.29 is 4.79 Å². The van der Waals surface area contributed by atoms with E-state index in [0.29, 0.717) is 11.6 Å². The van der Waals surface area contributed by atoms with Crippen LogP contribution in [0.15, 0.2) is 42.5 Å². The molecule has 2 aromatic carbocycles. The molecule has 0 spiro atoms. The number of nitrogens with zero attached hydrogens (tertiary/aromatic N) is 3. The quantitative estimate of drug-likeness (QED) is 0.455. The maximum absolute atomic E-state index is 11.8. The summed E-state index contributed by atoms with van der Waals surface area (Å²) in [5, 5.41) is 8.21. The molecular weight excluding hydrogens is 342 g/mol. The first kappa shape index (κ1) is 15.7. The summed E-state index contributed by atoms with van der Waals surface area (Å²) in [6.07, 6.45) is 7.15. The smallest absolute Gasteiger partial charge is 0.213 e. The van der Waals surface area contributed by atoms with Gasteiger partial charge in [-0.1, -0.05) is 67.0 Å². The number of aromatic nitrogens is 3. The highest BCUT2D eigenvalue weighted by Crippen LogP contribution is 2.36. The number of benzene rings is 2. The molecule has 26 heavy (non-hydrogen) atoms. The van der Waals surface area contributed by atoms with Crippen molar-refractivity contribution in [2.45, 2.75) is 38.0 Å². The zero-order chi connectivity index (χ0) is 17.5. The maximum atomic E-state index is 11.8. The fraction of sp³-hybridized carbons (Fsp3) is 0.286. The fourth-order valence-corrected chi connectivity index (χ4v) is 5.02. The summed E-state index contributed by atoms with van der Waals surface area (Å²) in [6.45, 7) is 0. The fourth-order valence-electron chi connectivity index (χ4n) is 3.95. The molecule has 1 aliphatic carbocycles. The average molecular weight is 361 g/mol. The molecule has 0 radical (unpaired) electrons. The van der Waals surface area contributed by atoms with Crippen molar-refractivity contribution in [2.24, 2.45) is 0 Å². The maximum Gasteiger partial charge on any atom is 0.213 e. The molecule has 0 bridgehead atoms. The SMILES string of the molecule is O=Cc1c(-c2ccc3ccccc3c2)nc2sc(C3CCCCC3)nn12. The van der Waals surface area contributed by atoms with E-state index in [4.69, 9.17) is 10.1 Å². The third-order valence-corrected chi connectivity index (χ3v) is 6.41. The lowest BCUT2D eigenvalue weighted by Crippen LogP contribution is -2.05. The van der Waals surface area contributed by atoms with Crippen LogP contribution in [0.25, 0.3) is 27.0 Å². The first-order valence-electron chi connectivity index (χ1n) is 9.17. The number of rotatable bonds is 3. The molecule has 5 heteroatoms. The monoisotopic (exact) mass is 361 g/mol. The second-order valence-electron chi connectivity index (χ2n) is 7.00. The Labute approximate surface area is 155 Å². The van der Waals surface area contributed by atoms with Gasteiger partial charge in [0.15, 0.2) is 6.29 Å². The summed E-state index contributed by atoms with van der Waals surface area (Å²) in [5.74, 6) is 0.527. The predicted octanol–water partition coefficient (Wildman–Crippen LogP) is 5.47. The minimum Gasteiger partial charge on any atom is -0.296 e. The Kier molecular flexibility index (Phi) is 3.82. The van der Waals surface area contributed by atoms with Crippen molar-refractivity contribution in [3.8, 4) is 11.3 Å². The Hall–Kier alpha value is -2.53. The summed E-state index contributed by atoms with van der Waals surface area (Å²) >= 11 is 1.63. The number of carbonyl (C=O) groups is 1. The first-order valence-corrected chi connectivity index (χ1v) is 9.99. The zero-order valence-electron chi connectivity index (χ0n) is 14.4. The first-order chi connectivity index (χ1) is 12.8. The van der Waals surface area contributed by atoms with E-state index in [1.807, 2.05) is 18.2 Å². The molecular formula is C21H19N3OS. The molecule has 0 saturated heterocycles. The second-order valence-corrected chi connectivity index (χ2v) is 7.98. The Morgan fingerprint density at radius 2 is 1.85 bits per heavy atom. The molecule has 1 saturated carbocycles. The van der Waals surface area contributed by atoms with Crippen molar-refractivity contribution in [2.75, 3.05) is 0 Å². The van der Waals surface area contributed by atoms with E-state index >= 15 is 0 Å². The highest BCUT2D eigenvalue weighted by Gasteiger charge is 2.23. The number of hydrogen-bond acceptors (Lipinski definition) is 4. The summed E-state index contributed by atoms with van der Waals surface area (Å²) < 4.78 is 1.74. The lowest BCUT2D eigenvalue weighted by Gasteiger charge is -2.18. The van der Waals surface area contributed by atoms with Crippen molar-refractivity contribution in [1.82, 2.24) is 14.6 Å². The number of hydrogen-bond donors (Lipinski definition) is 0. The molecule has 0 amide bonds. The molecule has 0 atom stereocenters. The van der Waals surface area contributed by atoms with Gasteiger partial charge in [-0.3, -0.25) is 4.79 Å². The highest BCUT2D eigenvalue weighted by atomic mass is 32.1. The predicted molar refractivity (Wildman–Crippen MR) is 105 cm³/mol. The van der Waals surface area contributed by atoms with Gasteiger partial charge in [0.2, 0.25) is 4.96 Å². The van der Waals surface area contributed by atoms with E-state index in [0.717, 1.165) is 32.9 Å². The molecule has 1 fully saturated rings. The van der Waals surface area contributed by atoms with Crippen LogP contribution in [0, 0.1) is 0 Å². The van der Waals surface area contributed by atoms with Gasteiger partial charge in [-0.15, -0.1) is 0 Å². The largest absolute Gasteiger partial charge is 0.296 e. The van der Waals surface area contributed by atoms with Crippen LogP contribution in [-0.2, 0) is 0 Å². The van der Waals surface area contributed by atoms with Crippen LogP contribution in [0.4, 0.5) is 0 Å². The van der Waals surface area contributed by atoms with Crippen LogP contribution in [0.2, 0.25) is 0 Å². The number of carbonyl (C=O) groups excluding carboxylic acids is 1. The van der Waals surface area contributed by atoms with E-state index in [2.05, 4.69) is 24.3 Å². The minimum absolute atomic E-state index is 0.527. The molecule has 0 unspecified atom stereocenters. The highest BCUT2D eigenvalue weighted by molar-refractivity contribution is 7.16. The van der Waals surface area contributed by atoms with Gasteiger partial charge >= 0.3 is 0 Å². The van der Waals surface area contributed by atoms with Crippen molar-refractivity contribution >= 4 is 33.4 Å². The molecule has 0 aliphatic heterocycles. The lowest BCUT2D eigenvalue weighted by atomic mass is 9.90. The molecule has 2 heterocycles. The zero-order valence-corrected chi connectivity index (χ0v) is 15.2. The Morgan fingerprint density at radius 3 is 2.65 bits per heavy atom. The average Bonchev–Trinajstić information content (AvgIpc) is 3.26. The number of imidazole rings is 1. The summed E-state index contributed by atoms with van der Waals surface area (Å²) in [4.78, 5) is 17.4. The Morgan fingerprint density at radius 1 is 1.04 bits per heavy atom. The molecule has 0 N–H and O–H groups in total. The molecule has 4 nitrogen and oxygen atoms in total. The van der Waals surface area contributed by atoms with E-state index in [9.17, 15) is 4.79 Å². The van der Waals surface area contributed by atoms with Crippen molar-refractivity contribution in [3.05, 3.63) is 53.2 Å². The van der Waals surface area contributed by atoms with Crippen LogP contribution < -0.4 is 0 Å². The van der Waals surface area contributed by atoms with E-state index < -0.39 is 0 Å². The van der Waals surface area contributed by atoms with Gasteiger partial charge in [0, 0.05) is 11.5 Å². The van der Waals surface area contributed by atoms with E-state index in [1.54, 1.807) is 15.9 Å². The Bertz CT molecular complexity index is 1110. The van der Waals surface area contributed by atoms with Gasteiger partial charge in [-0.25, -0.2) is 4.98 Å². The topological polar surface area (TPSA) is 47.3 Å². The molecule has 5 rings (SSSR count). The molecule has 4 aromatic rings. The van der Waals surface area contributed by atoms with Gasteiger partial charge in [0.05, 0.1) is 0 Å².